The fourth-order valence-corrected chi connectivity index (χ4v) is 4.60. The molecule has 0 aliphatic carbocycles. The molecule has 1 amide bonds. The molecule has 5 rings (SSSR count). The Hall–Kier alpha value is -3.71. The van der Waals surface area contributed by atoms with E-state index < -0.39 is 11.4 Å². The van der Waals surface area contributed by atoms with E-state index in [9.17, 15) is 19.5 Å². The molecule has 1 aliphatic rings. The third kappa shape index (κ3) is 3.40. The Labute approximate surface area is 188 Å². The number of rotatable bonds is 5. The van der Waals surface area contributed by atoms with Gasteiger partial charge in [-0.25, -0.2) is 14.8 Å². The van der Waals surface area contributed by atoms with Gasteiger partial charge in [0.2, 0.25) is 16.5 Å². The molecule has 4 aromatic rings. The van der Waals surface area contributed by atoms with Gasteiger partial charge < -0.3 is 15.3 Å². The molecule has 13 heteroatoms. The van der Waals surface area contributed by atoms with Crippen LogP contribution >= 0.6 is 22.7 Å². The number of aromatic nitrogens is 5. The topological polar surface area (TPSA) is 143 Å². The molecular weight excluding hydrogens is 454 g/mol. The molecule has 0 aromatic carbocycles. The van der Waals surface area contributed by atoms with E-state index in [2.05, 4.69) is 25.5 Å². The Morgan fingerprint density at radius 2 is 2.09 bits per heavy atom. The first-order valence-corrected chi connectivity index (χ1v) is 11.2. The highest BCUT2D eigenvalue weighted by Crippen LogP contribution is 2.29. The normalized spacial score (nSPS) is 13.8. The van der Waals surface area contributed by atoms with Crippen LogP contribution in [0.3, 0.4) is 0 Å². The molecule has 0 spiro atoms. The highest BCUT2D eigenvalue weighted by atomic mass is 32.1. The van der Waals surface area contributed by atoms with Gasteiger partial charge in [0.1, 0.15) is 16.9 Å². The average molecular weight is 470 g/mol. The summed E-state index contributed by atoms with van der Waals surface area (Å²) in [7, 11) is 0. The van der Waals surface area contributed by atoms with Crippen LogP contribution in [0, 0.1) is 12.8 Å². The first-order chi connectivity index (χ1) is 15.4. The van der Waals surface area contributed by atoms with Crippen LogP contribution in [0.5, 0.6) is 0 Å². The molecule has 11 nitrogen and oxygen atoms in total. The van der Waals surface area contributed by atoms with E-state index in [0.717, 1.165) is 0 Å². The summed E-state index contributed by atoms with van der Waals surface area (Å²) < 4.78 is 1.53. The molecular formula is C19H15N7O4S2. The first-order valence-electron chi connectivity index (χ1n) is 9.44. The molecule has 0 saturated carbocycles. The van der Waals surface area contributed by atoms with Crippen molar-refractivity contribution in [1.82, 2.24) is 24.7 Å². The number of hydrogen-bond donors (Lipinski definition) is 2. The van der Waals surface area contributed by atoms with Crippen LogP contribution in [0.15, 0.2) is 34.1 Å². The SMILES string of the molecule is Cc1cc(N2CC(C(=O)Nc3nncs3)C2)nc2c1c(=O)c(C(=O)O)cn2-c1nccs1. The molecule has 1 aliphatic heterocycles. The largest absolute Gasteiger partial charge is 0.477 e. The van der Waals surface area contributed by atoms with Crippen molar-refractivity contribution >= 4 is 56.5 Å². The number of fused-ring (bicyclic) bond motifs is 1. The van der Waals surface area contributed by atoms with Gasteiger partial charge in [0.15, 0.2) is 10.8 Å². The quantitative estimate of drug-likeness (QED) is 0.447. The van der Waals surface area contributed by atoms with Crippen molar-refractivity contribution in [2.24, 2.45) is 5.92 Å². The zero-order chi connectivity index (χ0) is 22.4. The highest BCUT2D eigenvalue weighted by Gasteiger charge is 2.34. The van der Waals surface area contributed by atoms with Crippen LogP contribution < -0.4 is 15.6 Å². The number of thiazole rings is 1. The maximum atomic E-state index is 12.8. The van der Waals surface area contributed by atoms with Crippen LogP contribution in [0.2, 0.25) is 0 Å². The summed E-state index contributed by atoms with van der Waals surface area (Å²) in [5.74, 6) is -1.07. The smallest absolute Gasteiger partial charge is 0.341 e. The summed E-state index contributed by atoms with van der Waals surface area (Å²) in [5.41, 5.74) is 1.54. The molecule has 162 valence electrons. The minimum Gasteiger partial charge on any atom is -0.477 e. The second-order valence-corrected chi connectivity index (χ2v) is 8.90. The number of carboxylic acid groups (broad SMARTS) is 1. The molecule has 0 radical (unpaired) electrons. The first kappa shape index (κ1) is 20.2. The number of pyridine rings is 2. The van der Waals surface area contributed by atoms with Crippen LogP contribution in [0.1, 0.15) is 15.9 Å². The van der Waals surface area contributed by atoms with E-state index in [0.29, 0.717) is 40.4 Å². The maximum absolute atomic E-state index is 12.8. The second kappa shape index (κ2) is 7.76. The van der Waals surface area contributed by atoms with Gasteiger partial charge >= 0.3 is 5.97 Å². The van der Waals surface area contributed by atoms with Crippen molar-refractivity contribution in [2.75, 3.05) is 23.3 Å². The van der Waals surface area contributed by atoms with Gasteiger partial charge in [0.25, 0.3) is 0 Å². The lowest BCUT2D eigenvalue weighted by Gasteiger charge is -2.39. The van der Waals surface area contributed by atoms with E-state index in [1.807, 2.05) is 4.90 Å². The Morgan fingerprint density at radius 1 is 1.28 bits per heavy atom. The summed E-state index contributed by atoms with van der Waals surface area (Å²) >= 11 is 2.55. The van der Waals surface area contributed by atoms with Crippen LogP contribution in [-0.4, -0.2) is 54.8 Å². The third-order valence-electron chi connectivity index (χ3n) is 5.16. The molecule has 32 heavy (non-hydrogen) atoms. The fraction of sp³-hybridized carbons (Fsp3) is 0.211. The van der Waals surface area contributed by atoms with Gasteiger partial charge in [-0.1, -0.05) is 11.3 Å². The summed E-state index contributed by atoms with van der Waals surface area (Å²) in [6.07, 6.45) is 2.86. The molecule has 2 N–H and O–H groups in total. The fourth-order valence-electron chi connectivity index (χ4n) is 3.54. The van der Waals surface area contributed by atoms with Crippen molar-refractivity contribution < 1.29 is 14.7 Å². The number of carbonyl (C=O) groups excluding carboxylic acids is 1. The number of carboxylic acids is 1. The summed E-state index contributed by atoms with van der Waals surface area (Å²) in [5, 5.41) is 22.7. The van der Waals surface area contributed by atoms with Gasteiger partial charge in [-0.05, 0) is 18.6 Å². The van der Waals surface area contributed by atoms with Crippen molar-refractivity contribution in [3.05, 3.63) is 50.7 Å². The summed E-state index contributed by atoms with van der Waals surface area (Å²) in [6.45, 7) is 2.65. The van der Waals surface area contributed by atoms with E-state index in [-0.39, 0.29) is 22.8 Å². The molecule has 4 aromatic heterocycles. The molecule has 0 unspecified atom stereocenters. The highest BCUT2D eigenvalue weighted by molar-refractivity contribution is 7.13. The third-order valence-corrected chi connectivity index (χ3v) is 6.54. The predicted octanol–water partition coefficient (Wildman–Crippen LogP) is 1.78. The minimum atomic E-state index is -1.31. The Kier molecular flexibility index (Phi) is 4.90. The molecule has 0 bridgehead atoms. The maximum Gasteiger partial charge on any atom is 0.341 e. The van der Waals surface area contributed by atoms with E-state index >= 15 is 0 Å². The van der Waals surface area contributed by atoms with Gasteiger partial charge in [-0.3, -0.25) is 14.2 Å². The number of nitrogens with zero attached hydrogens (tertiary/aromatic N) is 6. The summed E-state index contributed by atoms with van der Waals surface area (Å²) in [4.78, 5) is 47.7. The predicted molar refractivity (Wildman–Crippen MR) is 119 cm³/mol. The second-order valence-electron chi connectivity index (χ2n) is 7.19. The number of anilines is 2. The monoisotopic (exact) mass is 469 g/mol. The Morgan fingerprint density at radius 3 is 2.75 bits per heavy atom. The number of amides is 1. The lowest BCUT2D eigenvalue weighted by Crippen LogP contribution is -2.52. The average Bonchev–Trinajstić information content (AvgIpc) is 3.40. The zero-order valence-corrected chi connectivity index (χ0v) is 18.2. The van der Waals surface area contributed by atoms with Gasteiger partial charge in [-0.15, -0.1) is 21.5 Å². The van der Waals surface area contributed by atoms with Crippen LogP contribution in [0.4, 0.5) is 10.9 Å². The van der Waals surface area contributed by atoms with E-state index in [1.165, 1.54) is 33.4 Å². The number of carbonyl (C=O) groups is 2. The standard InChI is InChI=1S/C19H15N7O4S2/c1-9-4-12(25-5-10(6-25)16(28)23-18-24-21-8-32-18)22-15-13(9)14(27)11(17(29)30)7-26(15)19-20-2-3-31-19/h2-4,7-8,10H,5-6H2,1H3,(H,29,30)(H,23,24,28). The van der Waals surface area contributed by atoms with E-state index in [1.54, 1.807) is 30.1 Å². The van der Waals surface area contributed by atoms with Crippen molar-refractivity contribution in [3.8, 4) is 5.13 Å². The molecule has 0 atom stereocenters. The lowest BCUT2D eigenvalue weighted by atomic mass is 9.99. The number of nitrogens with one attached hydrogen (secondary N) is 1. The lowest BCUT2D eigenvalue weighted by molar-refractivity contribution is -0.120. The molecule has 5 heterocycles. The van der Waals surface area contributed by atoms with Gasteiger partial charge in [0.05, 0.1) is 11.3 Å². The summed E-state index contributed by atoms with van der Waals surface area (Å²) in [6, 6.07) is 1.74. The van der Waals surface area contributed by atoms with Crippen molar-refractivity contribution in [2.45, 2.75) is 6.92 Å². The van der Waals surface area contributed by atoms with Crippen molar-refractivity contribution in [3.63, 3.8) is 0 Å². The number of hydrogen-bond acceptors (Lipinski definition) is 10. The molecule has 1 fully saturated rings. The van der Waals surface area contributed by atoms with Crippen LogP contribution in [0.25, 0.3) is 16.2 Å². The van der Waals surface area contributed by atoms with Gasteiger partial charge in [0, 0.05) is 30.9 Å². The van der Waals surface area contributed by atoms with E-state index in [4.69, 9.17) is 0 Å². The molecule has 1 saturated heterocycles. The Bertz CT molecular complexity index is 1390. The zero-order valence-electron chi connectivity index (χ0n) is 16.6. The minimum absolute atomic E-state index is 0.138. The van der Waals surface area contributed by atoms with Crippen molar-refractivity contribution in [1.29, 1.82) is 0 Å². The number of aryl methyl sites for hydroxylation is 1. The van der Waals surface area contributed by atoms with Gasteiger partial charge in [-0.2, -0.15) is 0 Å². The van der Waals surface area contributed by atoms with Crippen LogP contribution in [-0.2, 0) is 4.79 Å². The Balaban J connectivity index is 1.50. The number of aromatic carboxylic acids is 1.